The molecule has 0 radical (unpaired) electrons. The van der Waals surface area contributed by atoms with E-state index in [1.807, 2.05) is 0 Å². The molecule has 0 aliphatic rings. The number of rotatable bonds is 7. The second kappa shape index (κ2) is 7.72. The van der Waals surface area contributed by atoms with Crippen LogP contribution in [0, 0.1) is 5.92 Å². The highest BCUT2D eigenvalue weighted by molar-refractivity contribution is 5.95. The van der Waals surface area contributed by atoms with Crippen LogP contribution >= 0.6 is 0 Å². The number of carbonyl (C=O) groups is 1. The fourth-order valence-corrected chi connectivity index (χ4v) is 2.16. The molecule has 20 heavy (non-hydrogen) atoms. The first-order chi connectivity index (χ1) is 9.57. The molecule has 0 unspecified atom stereocenters. The second-order valence-electron chi connectivity index (χ2n) is 4.84. The van der Waals surface area contributed by atoms with Crippen molar-refractivity contribution in [1.29, 1.82) is 0 Å². The molecule has 5 nitrogen and oxygen atoms in total. The van der Waals surface area contributed by atoms with E-state index < -0.39 is 5.97 Å². The molecule has 1 aromatic heterocycles. The summed E-state index contributed by atoms with van der Waals surface area (Å²) in [5.74, 6) is 0.967. The summed E-state index contributed by atoms with van der Waals surface area (Å²) in [4.78, 5) is 18.2. The van der Waals surface area contributed by atoms with Crippen LogP contribution in [0.25, 0.3) is 0 Å². The zero-order valence-corrected chi connectivity index (χ0v) is 12.8. The molecule has 0 aliphatic heterocycles. The van der Waals surface area contributed by atoms with Gasteiger partial charge in [0.2, 0.25) is 0 Å². The number of esters is 1. The summed E-state index contributed by atoms with van der Waals surface area (Å²) in [7, 11) is 1.35. The first-order valence-corrected chi connectivity index (χ1v) is 7.16. The number of pyridine rings is 1. The normalized spacial score (nSPS) is 10.7. The van der Waals surface area contributed by atoms with Crippen LogP contribution < -0.4 is 10.6 Å². The molecular weight excluding hydrogens is 254 g/mol. The van der Waals surface area contributed by atoms with Crippen molar-refractivity contribution in [3.8, 4) is 0 Å². The van der Waals surface area contributed by atoms with Gasteiger partial charge in [-0.3, -0.25) is 0 Å². The number of carbonyl (C=O) groups excluding carboxylic acids is 1. The van der Waals surface area contributed by atoms with E-state index in [9.17, 15) is 4.79 Å². The monoisotopic (exact) mass is 279 g/mol. The van der Waals surface area contributed by atoms with Crippen LogP contribution in [0.15, 0.2) is 12.3 Å². The van der Waals surface area contributed by atoms with Gasteiger partial charge in [0.1, 0.15) is 5.82 Å². The van der Waals surface area contributed by atoms with Gasteiger partial charge >= 0.3 is 5.97 Å². The molecule has 1 heterocycles. The molecule has 0 amide bonds. The zero-order chi connectivity index (χ0) is 15.1. The Morgan fingerprint density at radius 1 is 1.40 bits per heavy atom. The van der Waals surface area contributed by atoms with E-state index in [0.717, 1.165) is 31.7 Å². The molecule has 2 N–H and O–H groups in total. The Balaban J connectivity index is 3.01. The molecule has 1 rings (SSSR count). The number of hydrogen-bond acceptors (Lipinski definition) is 5. The van der Waals surface area contributed by atoms with Gasteiger partial charge < -0.3 is 15.4 Å². The SMILES string of the molecule is CCC(CC)CN(CC)c1cc(C(=O)OC)c(N)cn1. The van der Waals surface area contributed by atoms with Crippen molar-refractivity contribution >= 4 is 17.5 Å². The smallest absolute Gasteiger partial charge is 0.340 e. The number of methoxy groups -OCH3 is 1. The van der Waals surface area contributed by atoms with Crippen molar-refractivity contribution in [3.05, 3.63) is 17.8 Å². The summed E-state index contributed by atoms with van der Waals surface area (Å²) in [5, 5.41) is 0. The van der Waals surface area contributed by atoms with Crippen LogP contribution in [0.2, 0.25) is 0 Å². The van der Waals surface area contributed by atoms with Crippen molar-refractivity contribution in [2.24, 2.45) is 5.92 Å². The third-order valence-corrected chi connectivity index (χ3v) is 3.66. The van der Waals surface area contributed by atoms with E-state index in [1.165, 1.54) is 13.3 Å². The number of nitrogens with zero attached hydrogens (tertiary/aromatic N) is 2. The van der Waals surface area contributed by atoms with E-state index >= 15 is 0 Å². The van der Waals surface area contributed by atoms with Gasteiger partial charge in [0.15, 0.2) is 0 Å². The van der Waals surface area contributed by atoms with E-state index in [0.29, 0.717) is 17.2 Å². The van der Waals surface area contributed by atoms with E-state index in [4.69, 9.17) is 10.5 Å². The highest BCUT2D eigenvalue weighted by atomic mass is 16.5. The summed E-state index contributed by atoms with van der Waals surface area (Å²) in [5.41, 5.74) is 6.50. The molecule has 0 saturated carbocycles. The molecule has 0 saturated heterocycles. The van der Waals surface area contributed by atoms with Crippen LogP contribution in [-0.4, -0.2) is 31.2 Å². The number of aromatic nitrogens is 1. The van der Waals surface area contributed by atoms with Gasteiger partial charge in [-0.15, -0.1) is 0 Å². The Morgan fingerprint density at radius 2 is 2.05 bits per heavy atom. The summed E-state index contributed by atoms with van der Waals surface area (Å²) >= 11 is 0. The Hall–Kier alpha value is -1.78. The van der Waals surface area contributed by atoms with Crippen LogP contribution in [0.4, 0.5) is 11.5 Å². The van der Waals surface area contributed by atoms with E-state index in [2.05, 4.69) is 30.7 Å². The van der Waals surface area contributed by atoms with Crippen molar-refractivity contribution in [2.75, 3.05) is 30.8 Å². The number of nitrogens with two attached hydrogens (primary N) is 1. The van der Waals surface area contributed by atoms with Gasteiger partial charge in [0.05, 0.1) is 24.6 Å². The Bertz CT molecular complexity index is 445. The zero-order valence-electron chi connectivity index (χ0n) is 12.8. The molecule has 5 heteroatoms. The van der Waals surface area contributed by atoms with Crippen LogP contribution in [-0.2, 0) is 4.74 Å². The maximum atomic E-state index is 11.7. The maximum Gasteiger partial charge on any atom is 0.340 e. The van der Waals surface area contributed by atoms with Gasteiger partial charge in [-0.25, -0.2) is 9.78 Å². The molecule has 0 spiro atoms. The third-order valence-electron chi connectivity index (χ3n) is 3.66. The largest absolute Gasteiger partial charge is 0.465 e. The lowest BCUT2D eigenvalue weighted by Gasteiger charge is -2.26. The maximum absolute atomic E-state index is 11.7. The Morgan fingerprint density at radius 3 is 2.55 bits per heavy atom. The van der Waals surface area contributed by atoms with Gasteiger partial charge in [-0.2, -0.15) is 0 Å². The fourth-order valence-electron chi connectivity index (χ4n) is 2.16. The van der Waals surface area contributed by atoms with Crippen LogP contribution in [0.5, 0.6) is 0 Å². The van der Waals surface area contributed by atoms with Crippen molar-refractivity contribution in [2.45, 2.75) is 33.6 Å². The molecule has 0 fully saturated rings. The molecule has 0 atom stereocenters. The highest BCUT2D eigenvalue weighted by Crippen LogP contribution is 2.21. The minimum Gasteiger partial charge on any atom is -0.465 e. The topological polar surface area (TPSA) is 68.5 Å². The average molecular weight is 279 g/mol. The summed E-state index contributed by atoms with van der Waals surface area (Å²) < 4.78 is 4.74. The third kappa shape index (κ3) is 3.85. The standard InChI is InChI=1S/C15H25N3O2/c1-5-11(6-2)10-18(7-3)14-8-12(15(19)20-4)13(16)9-17-14/h8-9,11H,5-7,10,16H2,1-4H3. The van der Waals surface area contributed by atoms with Crippen molar-refractivity contribution in [3.63, 3.8) is 0 Å². The summed E-state index contributed by atoms with van der Waals surface area (Å²) in [6.07, 6.45) is 3.79. The lowest BCUT2D eigenvalue weighted by molar-refractivity contribution is 0.0602. The van der Waals surface area contributed by atoms with Gasteiger partial charge in [-0.1, -0.05) is 26.7 Å². The number of ether oxygens (including phenoxy) is 1. The highest BCUT2D eigenvalue weighted by Gasteiger charge is 2.16. The van der Waals surface area contributed by atoms with Crippen LogP contribution in [0.1, 0.15) is 44.0 Å². The Kier molecular flexibility index (Phi) is 6.28. The first-order valence-electron chi connectivity index (χ1n) is 7.16. The minimum atomic E-state index is -0.426. The van der Waals surface area contributed by atoms with Gasteiger partial charge in [0, 0.05) is 13.1 Å². The number of anilines is 2. The summed E-state index contributed by atoms with van der Waals surface area (Å²) in [6.45, 7) is 8.24. The molecular formula is C15H25N3O2. The predicted octanol–water partition coefficient (Wildman–Crippen LogP) is 2.71. The van der Waals surface area contributed by atoms with Gasteiger partial charge in [-0.05, 0) is 18.9 Å². The van der Waals surface area contributed by atoms with Crippen LogP contribution in [0.3, 0.4) is 0 Å². The molecule has 0 bridgehead atoms. The quantitative estimate of drug-likeness (QED) is 0.777. The van der Waals surface area contributed by atoms with Gasteiger partial charge in [0.25, 0.3) is 0 Å². The average Bonchev–Trinajstić information content (AvgIpc) is 2.48. The number of nitrogen functional groups attached to an aromatic ring is 1. The van der Waals surface area contributed by atoms with Crippen molar-refractivity contribution < 1.29 is 9.53 Å². The van der Waals surface area contributed by atoms with E-state index in [-0.39, 0.29) is 0 Å². The predicted molar refractivity (Wildman–Crippen MR) is 81.9 cm³/mol. The molecule has 0 aromatic carbocycles. The molecule has 0 aliphatic carbocycles. The molecule has 112 valence electrons. The molecule has 1 aromatic rings. The fraction of sp³-hybridized carbons (Fsp3) is 0.600. The first kappa shape index (κ1) is 16.3. The van der Waals surface area contributed by atoms with Crippen molar-refractivity contribution in [1.82, 2.24) is 4.98 Å². The Labute approximate surface area is 121 Å². The minimum absolute atomic E-state index is 0.346. The number of hydrogen-bond donors (Lipinski definition) is 1. The lowest BCUT2D eigenvalue weighted by atomic mass is 10.0. The lowest BCUT2D eigenvalue weighted by Crippen LogP contribution is -2.30. The second-order valence-corrected chi connectivity index (χ2v) is 4.84. The van der Waals surface area contributed by atoms with E-state index in [1.54, 1.807) is 6.07 Å². The summed E-state index contributed by atoms with van der Waals surface area (Å²) in [6, 6.07) is 1.72.